The van der Waals surface area contributed by atoms with Crippen LogP contribution < -0.4 is 5.32 Å². The second-order valence-corrected chi connectivity index (χ2v) is 12.9. The largest absolute Gasteiger partial charge is 0.296 e. The summed E-state index contributed by atoms with van der Waals surface area (Å²) in [5.41, 5.74) is 4.35. The summed E-state index contributed by atoms with van der Waals surface area (Å²) in [7, 11) is -1.56. The Hall–Kier alpha value is -2.79. The number of imidazole rings is 1. The van der Waals surface area contributed by atoms with Crippen molar-refractivity contribution in [2.75, 3.05) is 0 Å². The van der Waals surface area contributed by atoms with Crippen molar-refractivity contribution in [1.29, 1.82) is 0 Å². The summed E-state index contributed by atoms with van der Waals surface area (Å²) >= 11 is 0. The summed E-state index contributed by atoms with van der Waals surface area (Å²) in [5.74, 6) is 0. The SMILES string of the molecule is Cc1c([Si](C)(C)C)nc2c3cncnc3c3cc4ccccc4cc3n12. The molecule has 4 nitrogen and oxygen atoms in total. The van der Waals surface area contributed by atoms with E-state index in [1.807, 2.05) is 6.20 Å². The Labute approximate surface area is 152 Å². The summed E-state index contributed by atoms with van der Waals surface area (Å²) in [4.78, 5) is 14.0. The standard InChI is InChI=1S/C21H20N4Si/c1-13-21(26(2,3)4)24-20-17-11-22-12-23-19(17)16-9-14-7-5-6-8-15(14)10-18(16)25(13)20/h5-12H,1-4H3. The zero-order chi connectivity index (χ0) is 18.1. The van der Waals surface area contributed by atoms with Gasteiger partial charge >= 0.3 is 0 Å². The van der Waals surface area contributed by atoms with Crippen LogP contribution in [0.25, 0.3) is 38.2 Å². The number of pyridine rings is 1. The molecule has 0 amide bonds. The lowest BCUT2D eigenvalue weighted by Gasteiger charge is -2.14. The first-order valence-electron chi connectivity index (χ1n) is 8.89. The Morgan fingerprint density at radius 3 is 2.42 bits per heavy atom. The molecular weight excluding hydrogens is 336 g/mol. The first-order chi connectivity index (χ1) is 12.4. The molecule has 0 radical (unpaired) electrons. The summed E-state index contributed by atoms with van der Waals surface area (Å²) in [5, 5.41) is 5.88. The average Bonchev–Trinajstić information content (AvgIpc) is 2.99. The maximum Gasteiger partial charge on any atom is 0.148 e. The third-order valence-electron chi connectivity index (χ3n) is 5.13. The van der Waals surface area contributed by atoms with E-state index in [-0.39, 0.29) is 0 Å². The van der Waals surface area contributed by atoms with Crippen molar-refractivity contribution < 1.29 is 0 Å². The van der Waals surface area contributed by atoms with Crippen LogP contribution >= 0.6 is 0 Å². The molecule has 0 fully saturated rings. The lowest BCUT2D eigenvalue weighted by Crippen LogP contribution is -2.40. The summed E-state index contributed by atoms with van der Waals surface area (Å²) in [6.45, 7) is 9.23. The number of aryl methyl sites for hydroxylation is 1. The molecule has 0 atom stereocenters. The van der Waals surface area contributed by atoms with E-state index >= 15 is 0 Å². The third-order valence-corrected chi connectivity index (χ3v) is 7.03. The van der Waals surface area contributed by atoms with E-state index in [9.17, 15) is 0 Å². The van der Waals surface area contributed by atoms with Crippen molar-refractivity contribution in [3.8, 4) is 0 Å². The van der Waals surface area contributed by atoms with Gasteiger partial charge in [0, 0.05) is 22.6 Å². The van der Waals surface area contributed by atoms with Gasteiger partial charge in [0.1, 0.15) is 20.0 Å². The summed E-state index contributed by atoms with van der Waals surface area (Å²) in [6, 6.07) is 13.0. The quantitative estimate of drug-likeness (QED) is 0.253. The van der Waals surface area contributed by atoms with Crippen LogP contribution in [0, 0.1) is 6.92 Å². The topological polar surface area (TPSA) is 43.1 Å². The highest BCUT2D eigenvalue weighted by Gasteiger charge is 2.25. The number of benzene rings is 2. The summed E-state index contributed by atoms with van der Waals surface area (Å²) < 4.78 is 2.31. The number of rotatable bonds is 1. The highest BCUT2D eigenvalue weighted by molar-refractivity contribution is 6.88. The van der Waals surface area contributed by atoms with Crippen molar-refractivity contribution in [2.45, 2.75) is 26.6 Å². The maximum absolute atomic E-state index is 5.09. The molecule has 3 aromatic heterocycles. The monoisotopic (exact) mass is 356 g/mol. The van der Waals surface area contributed by atoms with E-state index in [0.717, 1.165) is 21.9 Å². The smallest absolute Gasteiger partial charge is 0.148 e. The van der Waals surface area contributed by atoms with Gasteiger partial charge in [-0.3, -0.25) is 4.40 Å². The van der Waals surface area contributed by atoms with Gasteiger partial charge in [0.2, 0.25) is 0 Å². The fourth-order valence-electron chi connectivity index (χ4n) is 4.00. The van der Waals surface area contributed by atoms with Gasteiger partial charge in [-0.2, -0.15) is 0 Å². The lowest BCUT2D eigenvalue weighted by molar-refractivity contribution is 1.17. The van der Waals surface area contributed by atoms with Crippen LogP contribution in [0.2, 0.25) is 19.6 Å². The van der Waals surface area contributed by atoms with Crippen LogP contribution in [0.4, 0.5) is 0 Å². The minimum absolute atomic E-state index is 0.971. The van der Waals surface area contributed by atoms with E-state index < -0.39 is 8.07 Å². The molecule has 5 rings (SSSR count). The van der Waals surface area contributed by atoms with Gasteiger partial charge in [0.15, 0.2) is 0 Å². The van der Waals surface area contributed by atoms with Gasteiger partial charge in [-0.05, 0) is 29.8 Å². The van der Waals surface area contributed by atoms with Crippen LogP contribution in [0.5, 0.6) is 0 Å². The highest BCUT2D eigenvalue weighted by Crippen LogP contribution is 2.31. The molecule has 128 valence electrons. The molecule has 0 bridgehead atoms. The Kier molecular flexibility index (Phi) is 3.04. The van der Waals surface area contributed by atoms with Gasteiger partial charge < -0.3 is 0 Å². The predicted octanol–water partition coefficient (Wildman–Crippen LogP) is 4.44. The second-order valence-electron chi connectivity index (χ2n) is 7.96. The molecule has 2 aromatic carbocycles. The van der Waals surface area contributed by atoms with Gasteiger partial charge in [-0.15, -0.1) is 0 Å². The third kappa shape index (κ3) is 2.04. The average molecular weight is 357 g/mol. The molecule has 0 unspecified atom stereocenters. The fraction of sp³-hybridized carbons (Fsp3) is 0.190. The van der Waals surface area contributed by atoms with Crippen LogP contribution in [0.1, 0.15) is 5.69 Å². The van der Waals surface area contributed by atoms with Crippen LogP contribution in [0.3, 0.4) is 0 Å². The molecule has 3 heterocycles. The molecule has 0 saturated carbocycles. The zero-order valence-electron chi connectivity index (χ0n) is 15.4. The van der Waals surface area contributed by atoms with Gasteiger partial charge in [0.05, 0.1) is 16.4 Å². The lowest BCUT2D eigenvalue weighted by atomic mass is 10.0. The maximum atomic E-state index is 5.09. The summed E-state index contributed by atoms with van der Waals surface area (Å²) in [6.07, 6.45) is 3.52. The molecule has 26 heavy (non-hydrogen) atoms. The molecular formula is C21H20N4Si. The van der Waals surface area contributed by atoms with E-state index in [1.54, 1.807) is 6.33 Å². The number of aromatic nitrogens is 4. The first kappa shape index (κ1) is 15.5. The molecule has 0 spiro atoms. The molecule has 0 aliphatic rings. The number of nitrogens with zero attached hydrogens (tertiary/aromatic N) is 4. The molecule has 0 aliphatic carbocycles. The normalized spacial score (nSPS) is 12.6. The number of fused-ring (bicyclic) bond motifs is 7. The van der Waals surface area contributed by atoms with Crippen molar-refractivity contribution in [3.63, 3.8) is 0 Å². The van der Waals surface area contributed by atoms with Crippen LogP contribution in [-0.2, 0) is 0 Å². The molecule has 5 aromatic rings. The van der Waals surface area contributed by atoms with Crippen molar-refractivity contribution >= 4 is 51.6 Å². The minimum Gasteiger partial charge on any atom is -0.296 e. The number of hydrogen-bond acceptors (Lipinski definition) is 3. The Morgan fingerprint density at radius 1 is 0.962 bits per heavy atom. The van der Waals surface area contributed by atoms with E-state index in [1.165, 1.54) is 27.3 Å². The molecule has 0 aliphatic heterocycles. The molecule has 0 saturated heterocycles. The van der Waals surface area contributed by atoms with Crippen molar-refractivity contribution in [3.05, 3.63) is 54.6 Å². The predicted molar refractivity (Wildman–Crippen MR) is 111 cm³/mol. The molecule has 5 heteroatoms. The Morgan fingerprint density at radius 2 is 1.69 bits per heavy atom. The minimum atomic E-state index is -1.56. The van der Waals surface area contributed by atoms with Crippen molar-refractivity contribution in [1.82, 2.24) is 19.4 Å². The number of hydrogen-bond donors (Lipinski definition) is 0. The van der Waals surface area contributed by atoms with Crippen LogP contribution in [0.15, 0.2) is 48.9 Å². The van der Waals surface area contributed by atoms with E-state index in [0.29, 0.717) is 0 Å². The van der Waals surface area contributed by atoms with Gasteiger partial charge in [-0.25, -0.2) is 15.0 Å². The van der Waals surface area contributed by atoms with Crippen LogP contribution in [-0.4, -0.2) is 27.4 Å². The Bertz CT molecular complexity index is 1330. The van der Waals surface area contributed by atoms with Gasteiger partial charge in [-0.1, -0.05) is 43.9 Å². The first-order valence-corrected chi connectivity index (χ1v) is 12.4. The van der Waals surface area contributed by atoms with Crippen molar-refractivity contribution in [2.24, 2.45) is 0 Å². The van der Waals surface area contributed by atoms with E-state index in [4.69, 9.17) is 4.98 Å². The van der Waals surface area contributed by atoms with E-state index in [2.05, 4.69) is 77.3 Å². The zero-order valence-corrected chi connectivity index (χ0v) is 16.4. The fourth-order valence-corrected chi connectivity index (χ4v) is 5.64. The highest BCUT2D eigenvalue weighted by atomic mass is 28.3. The second kappa shape index (κ2) is 5.11. The van der Waals surface area contributed by atoms with Gasteiger partial charge in [0.25, 0.3) is 0 Å². The molecule has 0 N–H and O–H groups in total. The Balaban J connectivity index is 2.11.